The second-order valence-electron chi connectivity index (χ2n) is 7.47. The van der Waals surface area contributed by atoms with Gasteiger partial charge in [-0.3, -0.25) is 4.79 Å². The molecule has 1 aliphatic rings. The molecule has 7 nitrogen and oxygen atoms in total. The minimum absolute atomic E-state index is 0.160. The smallest absolute Gasteiger partial charge is 0.275 e. The molecule has 0 bridgehead atoms. The second kappa shape index (κ2) is 7.89. The number of aromatic nitrogens is 3. The highest BCUT2D eigenvalue weighted by Gasteiger charge is 2.21. The number of nitrogens with one attached hydrogen (secondary N) is 1. The number of rotatable bonds is 4. The van der Waals surface area contributed by atoms with E-state index in [0.717, 1.165) is 48.2 Å². The van der Waals surface area contributed by atoms with Gasteiger partial charge in [0.1, 0.15) is 5.69 Å². The van der Waals surface area contributed by atoms with Crippen LogP contribution in [-0.2, 0) is 0 Å². The van der Waals surface area contributed by atoms with Gasteiger partial charge in [0, 0.05) is 36.1 Å². The van der Waals surface area contributed by atoms with Crippen LogP contribution in [0.4, 0.5) is 11.4 Å². The molecule has 1 atom stereocenters. The predicted octanol–water partition coefficient (Wildman–Crippen LogP) is 3.66. The maximum atomic E-state index is 12.9. The summed E-state index contributed by atoms with van der Waals surface area (Å²) in [6.07, 6.45) is 4.01. The summed E-state index contributed by atoms with van der Waals surface area (Å²) in [5.74, 6) is -0.233. The summed E-state index contributed by atoms with van der Waals surface area (Å²) in [6, 6.07) is 15.9. The van der Waals surface area contributed by atoms with Gasteiger partial charge in [0.2, 0.25) is 5.13 Å². The van der Waals surface area contributed by atoms with Gasteiger partial charge in [-0.1, -0.05) is 30.3 Å². The summed E-state index contributed by atoms with van der Waals surface area (Å²) in [4.78, 5) is 19.6. The molecule has 1 aliphatic heterocycles. The number of benzene rings is 2. The first-order chi connectivity index (χ1) is 14.7. The molecule has 1 amide bonds. The zero-order chi connectivity index (χ0) is 20.5. The third kappa shape index (κ3) is 3.67. The Morgan fingerprint density at radius 2 is 2.00 bits per heavy atom. The monoisotopic (exact) mass is 418 g/mol. The van der Waals surface area contributed by atoms with E-state index < -0.39 is 0 Å². The van der Waals surface area contributed by atoms with E-state index in [4.69, 9.17) is 5.73 Å². The molecule has 4 aromatic rings. The highest BCUT2D eigenvalue weighted by atomic mass is 32.1. The lowest BCUT2D eigenvalue weighted by Gasteiger charge is -2.33. The van der Waals surface area contributed by atoms with Crippen molar-refractivity contribution in [3.05, 3.63) is 65.8 Å². The summed E-state index contributed by atoms with van der Waals surface area (Å²) >= 11 is 1.39. The van der Waals surface area contributed by atoms with E-state index in [1.165, 1.54) is 11.3 Å². The Morgan fingerprint density at radius 1 is 1.17 bits per heavy atom. The number of fused-ring (bicyclic) bond motifs is 1. The Labute approximate surface area is 178 Å². The Hall–Kier alpha value is -3.23. The number of carbonyl (C=O) groups excluding carboxylic acids is 1. The van der Waals surface area contributed by atoms with Crippen molar-refractivity contribution in [1.29, 1.82) is 0 Å². The number of hydrogen-bond acceptors (Lipinski definition) is 6. The van der Waals surface area contributed by atoms with Crippen LogP contribution in [0.1, 0.15) is 23.3 Å². The van der Waals surface area contributed by atoms with Crippen molar-refractivity contribution >= 4 is 39.5 Å². The highest BCUT2D eigenvalue weighted by Crippen LogP contribution is 2.29. The second-order valence-corrected chi connectivity index (χ2v) is 8.30. The standard InChI is InChI=1S/C22H22N6OS/c23-16-7-5-11-27(13-16)20-10-4-3-9-18(20)24-21(29)19-14-30-22(25-19)28-12-15-6-1-2-8-17(15)26-28/h1-4,6,8-10,12,14,16H,5,7,11,13,23H2,(H,24,29)/t16-/m0/s1. The number of amides is 1. The number of carbonyl (C=O) groups is 1. The van der Waals surface area contributed by atoms with E-state index in [-0.39, 0.29) is 11.9 Å². The zero-order valence-electron chi connectivity index (χ0n) is 16.4. The van der Waals surface area contributed by atoms with Crippen molar-refractivity contribution in [2.75, 3.05) is 23.3 Å². The lowest BCUT2D eigenvalue weighted by Crippen LogP contribution is -2.43. The number of piperidine rings is 1. The molecule has 0 aliphatic carbocycles. The van der Waals surface area contributed by atoms with Crippen LogP contribution in [0, 0.1) is 0 Å². The lowest BCUT2D eigenvalue weighted by molar-refractivity contribution is 0.102. The van der Waals surface area contributed by atoms with Gasteiger partial charge >= 0.3 is 0 Å². The van der Waals surface area contributed by atoms with Crippen molar-refractivity contribution in [3.8, 4) is 5.13 Å². The SMILES string of the molecule is N[C@H]1CCCN(c2ccccc2NC(=O)c2csc(-n3cc4ccccc4n3)n2)C1. The molecule has 0 unspecified atom stereocenters. The van der Waals surface area contributed by atoms with E-state index in [1.807, 2.05) is 54.7 Å². The molecular formula is C22H22N6OS. The highest BCUT2D eigenvalue weighted by molar-refractivity contribution is 7.12. The van der Waals surface area contributed by atoms with Crippen molar-refractivity contribution in [3.63, 3.8) is 0 Å². The van der Waals surface area contributed by atoms with E-state index in [1.54, 1.807) is 10.1 Å². The summed E-state index contributed by atoms with van der Waals surface area (Å²) in [5.41, 5.74) is 9.18. The number of nitrogens with two attached hydrogens (primary N) is 1. The van der Waals surface area contributed by atoms with Crippen LogP contribution in [0.15, 0.2) is 60.1 Å². The summed E-state index contributed by atoms with van der Waals surface area (Å²) in [6.45, 7) is 1.73. The van der Waals surface area contributed by atoms with Gasteiger partial charge < -0.3 is 16.0 Å². The fraction of sp³-hybridized carbons (Fsp3) is 0.227. The maximum Gasteiger partial charge on any atom is 0.275 e. The van der Waals surface area contributed by atoms with Gasteiger partial charge in [0.15, 0.2) is 0 Å². The first-order valence-electron chi connectivity index (χ1n) is 9.98. The minimum Gasteiger partial charge on any atom is -0.368 e. The number of thiazole rings is 1. The third-order valence-electron chi connectivity index (χ3n) is 5.29. The van der Waals surface area contributed by atoms with Gasteiger partial charge in [-0.15, -0.1) is 11.3 Å². The van der Waals surface area contributed by atoms with Crippen LogP contribution in [0.2, 0.25) is 0 Å². The zero-order valence-corrected chi connectivity index (χ0v) is 17.2. The molecule has 3 heterocycles. The van der Waals surface area contributed by atoms with Gasteiger partial charge in [0.25, 0.3) is 5.91 Å². The molecule has 0 spiro atoms. The molecule has 0 saturated carbocycles. The molecule has 8 heteroatoms. The molecular weight excluding hydrogens is 396 g/mol. The summed E-state index contributed by atoms with van der Waals surface area (Å²) < 4.78 is 1.72. The molecule has 1 fully saturated rings. The van der Waals surface area contributed by atoms with Crippen molar-refractivity contribution in [1.82, 2.24) is 14.8 Å². The normalized spacial score (nSPS) is 16.7. The third-order valence-corrected chi connectivity index (χ3v) is 6.12. The van der Waals surface area contributed by atoms with Crippen molar-refractivity contribution in [2.45, 2.75) is 18.9 Å². The van der Waals surface area contributed by atoms with Crippen LogP contribution in [-0.4, -0.2) is 39.8 Å². The van der Waals surface area contributed by atoms with Crippen molar-refractivity contribution in [2.24, 2.45) is 5.73 Å². The van der Waals surface area contributed by atoms with Crippen molar-refractivity contribution < 1.29 is 4.79 Å². The maximum absolute atomic E-state index is 12.9. The minimum atomic E-state index is -0.233. The molecule has 3 N–H and O–H groups in total. The molecule has 1 saturated heterocycles. The van der Waals surface area contributed by atoms with Crippen LogP contribution >= 0.6 is 11.3 Å². The molecule has 152 valence electrons. The van der Waals surface area contributed by atoms with Crippen LogP contribution < -0.4 is 16.0 Å². The Kier molecular flexibility index (Phi) is 4.94. The Bertz CT molecular complexity index is 1170. The molecule has 5 rings (SSSR count). The average molecular weight is 419 g/mol. The van der Waals surface area contributed by atoms with Crippen LogP contribution in [0.5, 0.6) is 0 Å². The van der Waals surface area contributed by atoms with Crippen LogP contribution in [0.25, 0.3) is 16.0 Å². The summed E-state index contributed by atoms with van der Waals surface area (Å²) in [5, 5.41) is 11.0. The number of para-hydroxylation sites is 2. The molecule has 0 radical (unpaired) electrons. The Morgan fingerprint density at radius 3 is 2.87 bits per heavy atom. The topological polar surface area (TPSA) is 89.1 Å². The largest absolute Gasteiger partial charge is 0.368 e. The Balaban J connectivity index is 1.36. The molecule has 30 heavy (non-hydrogen) atoms. The summed E-state index contributed by atoms with van der Waals surface area (Å²) in [7, 11) is 0. The number of hydrogen-bond donors (Lipinski definition) is 2. The first kappa shape index (κ1) is 18.8. The van der Waals surface area contributed by atoms with Gasteiger partial charge in [-0.2, -0.15) is 5.10 Å². The van der Waals surface area contributed by atoms with Gasteiger partial charge in [-0.05, 0) is 31.0 Å². The first-order valence-corrected chi connectivity index (χ1v) is 10.9. The molecule has 2 aromatic heterocycles. The van der Waals surface area contributed by atoms with Gasteiger partial charge in [-0.25, -0.2) is 9.67 Å². The van der Waals surface area contributed by atoms with E-state index in [9.17, 15) is 4.79 Å². The molecule has 2 aromatic carbocycles. The van der Waals surface area contributed by atoms with E-state index >= 15 is 0 Å². The lowest BCUT2D eigenvalue weighted by atomic mass is 10.1. The van der Waals surface area contributed by atoms with Gasteiger partial charge in [0.05, 0.1) is 16.9 Å². The number of nitrogens with zero attached hydrogens (tertiary/aromatic N) is 4. The van der Waals surface area contributed by atoms with Crippen LogP contribution in [0.3, 0.4) is 0 Å². The van der Waals surface area contributed by atoms with E-state index in [0.29, 0.717) is 10.8 Å². The fourth-order valence-electron chi connectivity index (χ4n) is 3.81. The average Bonchev–Trinajstić information content (AvgIpc) is 3.41. The number of anilines is 2. The predicted molar refractivity (Wildman–Crippen MR) is 121 cm³/mol. The fourth-order valence-corrected chi connectivity index (χ4v) is 4.54. The quantitative estimate of drug-likeness (QED) is 0.528. The van der Waals surface area contributed by atoms with E-state index in [2.05, 4.69) is 20.3 Å².